The summed E-state index contributed by atoms with van der Waals surface area (Å²) in [7, 11) is 1.36. The molecular weight excluding hydrogens is 362 g/mol. The Bertz CT molecular complexity index is 680. The average Bonchev–Trinajstić information content (AvgIpc) is 2.65. The molecule has 1 atom stereocenters. The van der Waals surface area contributed by atoms with E-state index < -0.39 is 6.04 Å². The van der Waals surface area contributed by atoms with Crippen molar-refractivity contribution in [3.8, 4) is 0 Å². The van der Waals surface area contributed by atoms with E-state index in [2.05, 4.69) is 5.32 Å². The third kappa shape index (κ3) is 4.38. The molecule has 0 radical (unpaired) electrons. The molecule has 1 N–H and O–H groups in total. The molecule has 7 heteroatoms. The number of esters is 1. The van der Waals surface area contributed by atoms with Crippen molar-refractivity contribution in [2.45, 2.75) is 12.1 Å². The Balaban J connectivity index is 0.00000243. The van der Waals surface area contributed by atoms with Crippen LogP contribution in [0.3, 0.4) is 0 Å². The van der Waals surface area contributed by atoms with Crippen molar-refractivity contribution in [2.24, 2.45) is 0 Å². The molecule has 1 unspecified atom stereocenters. The summed E-state index contributed by atoms with van der Waals surface area (Å²) < 4.78 is 31.7. The number of hydrogen-bond donors (Lipinski definition) is 1. The van der Waals surface area contributed by atoms with Gasteiger partial charge >= 0.3 is 5.97 Å². The van der Waals surface area contributed by atoms with E-state index in [4.69, 9.17) is 4.74 Å². The van der Waals surface area contributed by atoms with Crippen LogP contribution in [0.4, 0.5) is 8.78 Å². The Hall–Kier alpha value is -2.02. The minimum Gasteiger partial charge on any atom is -0.468 e. The summed E-state index contributed by atoms with van der Waals surface area (Å²) in [6, 6.07) is 11.6. The molecule has 0 aliphatic carbocycles. The number of halogens is 3. The Kier molecular flexibility index (Phi) is 7.08. The van der Waals surface area contributed by atoms with Gasteiger partial charge in [0.2, 0.25) is 0 Å². The summed E-state index contributed by atoms with van der Waals surface area (Å²) in [6.45, 7) is 1.79. The van der Waals surface area contributed by atoms with Crippen LogP contribution < -0.4 is 5.32 Å². The zero-order chi connectivity index (χ0) is 17.8. The van der Waals surface area contributed by atoms with Gasteiger partial charge in [-0.05, 0) is 35.4 Å². The molecule has 140 valence electrons. The third-order valence-electron chi connectivity index (χ3n) is 4.46. The minimum absolute atomic E-state index is 0. The lowest BCUT2D eigenvalue weighted by Gasteiger charge is -2.40. The lowest BCUT2D eigenvalue weighted by Crippen LogP contribution is -2.56. The summed E-state index contributed by atoms with van der Waals surface area (Å²) in [4.78, 5) is 14.2. The lowest BCUT2D eigenvalue weighted by molar-refractivity contribution is -0.148. The highest BCUT2D eigenvalue weighted by atomic mass is 35.5. The van der Waals surface area contributed by atoms with Gasteiger partial charge in [0.25, 0.3) is 0 Å². The molecule has 4 nitrogen and oxygen atoms in total. The highest BCUT2D eigenvalue weighted by molar-refractivity contribution is 5.85. The number of piperazine rings is 1. The summed E-state index contributed by atoms with van der Waals surface area (Å²) in [6.07, 6.45) is 0. The van der Waals surface area contributed by atoms with Crippen LogP contribution in [0, 0.1) is 11.6 Å². The molecule has 0 saturated carbocycles. The first-order valence-corrected chi connectivity index (χ1v) is 8.15. The van der Waals surface area contributed by atoms with Gasteiger partial charge in [-0.1, -0.05) is 24.3 Å². The maximum atomic E-state index is 13.4. The molecule has 1 fully saturated rings. The van der Waals surface area contributed by atoms with Crippen LogP contribution in [-0.4, -0.2) is 43.7 Å². The Morgan fingerprint density at radius 2 is 1.58 bits per heavy atom. The zero-order valence-electron chi connectivity index (χ0n) is 14.3. The second kappa shape index (κ2) is 9.07. The molecular formula is C19H21ClF2N2O2. The number of methoxy groups -OCH3 is 1. The van der Waals surface area contributed by atoms with Gasteiger partial charge in [0.05, 0.1) is 13.2 Å². The van der Waals surface area contributed by atoms with Crippen LogP contribution in [-0.2, 0) is 9.53 Å². The van der Waals surface area contributed by atoms with Crippen molar-refractivity contribution in [1.29, 1.82) is 0 Å². The van der Waals surface area contributed by atoms with Crippen LogP contribution in [0.25, 0.3) is 0 Å². The van der Waals surface area contributed by atoms with Crippen LogP contribution in [0.2, 0.25) is 0 Å². The average molecular weight is 383 g/mol. The van der Waals surface area contributed by atoms with Gasteiger partial charge in [0.15, 0.2) is 0 Å². The number of carbonyl (C=O) groups excluding carboxylic acids is 1. The van der Waals surface area contributed by atoms with E-state index in [1.807, 2.05) is 4.90 Å². The molecule has 0 spiro atoms. The van der Waals surface area contributed by atoms with Crippen molar-refractivity contribution in [3.63, 3.8) is 0 Å². The van der Waals surface area contributed by atoms with Gasteiger partial charge in [0, 0.05) is 19.6 Å². The monoisotopic (exact) mass is 382 g/mol. The fraction of sp³-hybridized carbons (Fsp3) is 0.316. The van der Waals surface area contributed by atoms with Gasteiger partial charge in [-0.3, -0.25) is 9.69 Å². The molecule has 1 saturated heterocycles. The van der Waals surface area contributed by atoms with Gasteiger partial charge in [-0.25, -0.2) is 8.78 Å². The van der Waals surface area contributed by atoms with Crippen molar-refractivity contribution < 1.29 is 18.3 Å². The SMILES string of the molecule is COC(=O)C1CNCCN1C(c1ccc(F)cc1)c1ccc(F)cc1.Cl. The Morgan fingerprint density at radius 3 is 2.04 bits per heavy atom. The molecule has 0 bridgehead atoms. The molecule has 0 aromatic heterocycles. The summed E-state index contributed by atoms with van der Waals surface area (Å²) >= 11 is 0. The standard InChI is InChI=1S/C19H20F2N2O2.ClH/c1-25-19(24)17-12-22-10-11-23(17)18(13-2-6-15(20)7-3-13)14-4-8-16(21)9-5-14;/h2-9,17-18,22H,10-12H2,1H3;1H. The van der Waals surface area contributed by atoms with E-state index in [1.54, 1.807) is 24.3 Å². The quantitative estimate of drug-likeness (QED) is 0.826. The summed E-state index contributed by atoms with van der Waals surface area (Å²) in [5, 5.41) is 3.19. The molecule has 2 aromatic carbocycles. The molecule has 2 aromatic rings. The largest absolute Gasteiger partial charge is 0.468 e. The molecule has 26 heavy (non-hydrogen) atoms. The van der Waals surface area contributed by atoms with Crippen molar-refractivity contribution in [3.05, 3.63) is 71.3 Å². The molecule has 1 aliphatic rings. The van der Waals surface area contributed by atoms with Crippen LogP contribution in [0.1, 0.15) is 17.2 Å². The predicted molar refractivity (Wildman–Crippen MR) is 97.3 cm³/mol. The molecule has 1 heterocycles. The highest BCUT2D eigenvalue weighted by Gasteiger charge is 2.35. The van der Waals surface area contributed by atoms with Gasteiger partial charge in [-0.2, -0.15) is 0 Å². The lowest BCUT2D eigenvalue weighted by atomic mass is 9.94. The first-order valence-electron chi connectivity index (χ1n) is 8.15. The van der Waals surface area contributed by atoms with Crippen molar-refractivity contribution in [1.82, 2.24) is 10.2 Å². The van der Waals surface area contributed by atoms with E-state index in [-0.39, 0.29) is 36.1 Å². The maximum Gasteiger partial charge on any atom is 0.324 e. The second-order valence-corrected chi connectivity index (χ2v) is 5.99. The van der Waals surface area contributed by atoms with Crippen molar-refractivity contribution in [2.75, 3.05) is 26.7 Å². The maximum absolute atomic E-state index is 13.4. The van der Waals surface area contributed by atoms with Gasteiger partial charge in [0.1, 0.15) is 17.7 Å². The number of carbonyl (C=O) groups is 1. The zero-order valence-corrected chi connectivity index (χ0v) is 15.1. The number of nitrogens with one attached hydrogen (secondary N) is 1. The van der Waals surface area contributed by atoms with Gasteiger partial charge < -0.3 is 10.1 Å². The number of benzene rings is 2. The van der Waals surface area contributed by atoms with E-state index in [9.17, 15) is 13.6 Å². The topological polar surface area (TPSA) is 41.6 Å². The first kappa shape index (κ1) is 20.3. The van der Waals surface area contributed by atoms with Crippen LogP contribution >= 0.6 is 12.4 Å². The third-order valence-corrected chi connectivity index (χ3v) is 4.46. The smallest absolute Gasteiger partial charge is 0.324 e. The summed E-state index contributed by atoms with van der Waals surface area (Å²) in [5.41, 5.74) is 1.67. The fourth-order valence-electron chi connectivity index (χ4n) is 3.25. The molecule has 3 rings (SSSR count). The predicted octanol–water partition coefficient (Wildman–Crippen LogP) is 2.92. The van der Waals surface area contributed by atoms with E-state index in [0.717, 1.165) is 11.1 Å². The molecule has 0 amide bonds. The molecule has 1 aliphatic heterocycles. The van der Waals surface area contributed by atoms with Crippen molar-refractivity contribution >= 4 is 18.4 Å². The fourth-order valence-corrected chi connectivity index (χ4v) is 3.25. The highest BCUT2D eigenvalue weighted by Crippen LogP contribution is 2.31. The Morgan fingerprint density at radius 1 is 1.08 bits per heavy atom. The Labute approximate surface area is 157 Å². The number of ether oxygens (including phenoxy) is 1. The number of hydrogen-bond acceptors (Lipinski definition) is 4. The second-order valence-electron chi connectivity index (χ2n) is 5.99. The normalized spacial score (nSPS) is 17.6. The van der Waals surface area contributed by atoms with E-state index in [1.165, 1.54) is 31.4 Å². The van der Waals surface area contributed by atoms with Gasteiger partial charge in [-0.15, -0.1) is 12.4 Å². The minimum atomic E-state index is -0.473. The summed E-state index contributed by atoms with van der Waals surface area (Å²) in [5.74, 6) is -0.987. The van der Waals surface area contributed by atoms with Crippen LogP contribution in [0.15, 0.2) is 48.5 Å². The van der Waals surface area contributed by atoms with E-state index >= 15 is 0 Å². The van der Waals surface area contributed by atoms with E-state index in [0.29, 0.717) is 19.6 Å². The first-order chi connectivity index (χ1) is 12.1. The number of nitrogens with zero attached hydrogens (tertiary/aromatic N) is 1. The number of rotatable bonds is 4. The van der Waals surface area contributed by atoms with Crippen LogP contribution in [0.5, 0.6) is 0 Å².